The molecule has 29 heavy (non-hydrogen) atoms. The lowest BCUT2D eigenvalue weighted by Crippen LogP contribution is -2.44. The third-order valence-corrected chi connectivity index (χ3v) is 5.34. The summed E-state index contributed by atoms with van der Waals surface area (Å²) >= 11 is 0. The van der Waals surface area contributed by atoms with Gasteiger partial charge in [-0.2, -0.15) is 0 Å². The number of aliphatic imine (C=N–C) groups is 1. The van der Waals surface area contributed by atoms with E-state index >= 15 is 0 Å². The van der Waals surface area contributed by atoms with E-state index in [1.54, 1.807) is 0 Å². The third kappa shape index (κ3) is 7.91. The standard InChI is InChI=1S/C22H38FN5O/c1-5-24-22(25-11-12-27(6-2)18(3)4)26-17-21(28-13-15-29-16-14-28)19-7-9-20(23)10-8-19/h7-10,18,21H,5-6,11-17H2,1-4H3,(H2,24,25,26). The van der Waals surface area contributed by atoms with Crippen molar-refractivity contribution in [3.63, 3.8) is 0 Å². The van der Waals surface area contributed by atoms with Crippen molar-refractivity contribution in [3.8, 4) is 0 Å². The fourth-order valence-corrected chi connectivity index (χ4v) is 3.62. The number of ether oxygens (including phenoxy) is 1. The molecule has 2 rings (SSSR count). The minimum absolute atomic E-state index is 0.109. The van der Waals surface area contributed by atoms with Crippen molar-refractivity contribution < 1.29 is 9.13 Å². The van der Waals surface area contributed by atoms with Crippen LogP contribution in [0.2, 0.25) is 0 Å². The van der Waals surface area contributed by atoms with Crippen LogP contribution in [-0.4, -0.2) is 80.8 Å². The third-order valence-electron chi connectivity index (χ3n) is 5.34. The molecular weight excluding hydrogens is 369 g/mol. The number of benzene rings is 1. The zero-order chi connectivity index (χ0) is 21.1. The molecule has 1 heterocycles. The van der Waals surface area contributed by atoms with E-state index in [1.807, 2.05) is 12.1 Å². The number of likely N-dealkylation sites (N-methyl/N-ethyl adjacent to an activating group) is 1. The summed E-state index contributed by atoms with van der Waals surface area (Å²) in [5, 5.41) is 6.79. The normalized spacial score (nSPS) is 17.0. The van der Waals surface area contributed by atoms with E-state index in [9.17, 15) is 4.39 Å². The Morgan fingerprint density at radius 1 is 1.17 bits per heavy atom. The molecule has 0 aromatic heterocycles. The zero-order valence-electron chi connectivity index (χ0n) is 18.5. The van der Waals surface area contributed by atoms with Gasteiger partial charge in [-0.1, -0.05) is 19.1 Å². The topological polar surface area (TPSA) is 52.1 Å². The lowest BCUT2D eigenvalue weighted by atomic mass is 10.0. The van der Waals surface area contributed by atoms with Crippen LogP contribution in [0.4, 0.5) is 4.39 Å². The molecule has 1 unspecified atom stereocenters. The summed E-state index contributed by atoms with van der Waals surface area (Å²) < 4.78 is 18.9. The largest absolute Gasteiger partial charge is 0.379 e. The van der Waals surface area contributed by atoms with Crippen molar-refractivity contribution in [1.82, 2.24) is 20.4 Å². The SMILES string of the molecule is CCNC(=NCC(c1ccc(F)cc1)N1CCOCC1)NCCN(CC)C(C)C. The molecule has 1 atom stereocenters. The van der Waals surface area contributed by atoms with Crippen LogP contribution in [0.3, 0.4) is 0 Å². The van der Waals surface area contributed by atoms with Gasteiger partial charge in [0.15, 0.2) is 5.96 Å². The Hall–Kier alpha value is -1.70. The minimum atomic E-state index is -0.210. The summed E-state index contributed by atoms with van der Waals surface area (Å²) in [5.41, 5.74) is 1.09. The molecule has 0 aliphatic carbocycles. The minimum Gasteiger partial charge on any atom is -0.379 e. The molecule has 6 nitrogen and oxygen atoms in total. The molecule has 7 heteroatoms. The Balaban J connectivity index is 2.05. The van der Waals surface area contributed by atoms with Gasteiger partial charge in [0.1, 0.15) is 5.82 Å². The van der Waals surface area contributed by atoms with Gasteiger partial charge in [-0.15, -0.1) is 0 Å². The predicted molar refractivity (Wildman–Crippen MR) is 118 cm³/mol. The molecular formula is C22H38FN5O. The van der Waals surface area contributed by atoms with E-state index in [1.165, 1.54) is 12.1 Å². The average molecular weight is 408 g/mol. The first-order valence-corrected chi connectivity index (χ1v) is 10.9. The number of halogens is 1. The Morgan fingerprint density at radius 3 is 2.45 bits per heavy atom. The van der Waals surface area contributed by atoms with E-state index in [0.717, 1.165) is 64.0 Å². The fourth-order valence-electron chi connectivity index (χ4n) is 3.62. The lowest BCUT2D eigenvalue weighted by molar-refractivity contribution is 0.0179. The van der Waals surface area contributed by atoms with Gasteiger partial charge in [0.2, 0.25) is 0 Å². The van der Waals surface area contributed by atoms with Crippen LogP contribution in [0.15, 0.2) is 29.3 Å². The number of hydrogen-bond donors (Lipinski definition) is 2. The Kier molecular flexibility index (Phi) is 10.4. The highest BCUT2D eigenvalue weighted by Crippen LogP contribution is 2.22. The van der Waals surface area contributed by atoms with Crippen LogP contribution in [0.5, 0.6) is 0 Å². The Bertz CT molecular complexity index is 602. The van der Waals surface area contributed by atoms with Gasteiger partial charge in [0, 0.05) is 38.8 Å². The predicted octanol–water partition coefficient (Wildman–Crippen LogP) is 2.48. The molecule has 1 aromatic rings. The fraction of sp³-hybridized carbons (Fsp3) is 0.682. The Morgan fingerprint density at radius 2 is 1.86 bits per heavy atom. The van der Waals surface area contributed by atoms with Crippen molar-refractivity contribution in [2.75, 3.05) is 59.0 Å². The van der Waals surface area contributed by atoms with E-state index in [-0.39, 0.29) is 11.9 Å². The van der Waals surface area contributed by atoms with Crippen molar-refractivity contribution >= 4 is 5.96 Å². The number of morpholine rings is 1. The highest BCUT2D eigenvalue weighted by molar-refractivity contribution is 5.79. The monoisotopic (exact) mass is 407 g/mol. The van der Waals surface area contributed by atoms with Gasteiger partial charge < -0.3 is 15.4 Å². The second kappa shape index (κ2) is 12.8. The summed E-state index contributed by atoms with van der Waals surface area (Å²) in [6.45, 7) is 16.2. The van der Waals surface area contributed by atoms with Gasteiger partial charge in [-0.3, -0.25) is 14.8 Å². The molecule has 0 bridgehead atoms. The first kappa shape index (κ1) is 23.6. The quantitative estimate of drug-likeness (QED) is 0.461. The Labute approximate surface area is 175 Å². The molecule has 2 N–H and O–H groups in total. The first-order valence-electron chi connectivity index (χ1n) is 10.9. The van der Waals surface area contributed by atoms with Crippen LogP contribution in [0.25, 0.3) is 0 Å². The second-order valence-electron chi connectivity index (χ2n) is 7.58. The summed E-state index contributed by atoms with van der Waals surface area (Å²) in [7, 11) is 0. The summed E-state index contributed by atoms with van der Waals surface area (Å²) in [4.78, 5) is 9.65. The molecule has 164 valence electrons. The first-order chi connectivity index (χ1) is 14.0. The zero-order valence-corrected chi connectivity index (χ0v) is 18.5. The molecule has 0 spiro atoms. The molecule has 1 saturated heterocycles. The number of guanidine groups is 1. The number of nitrogens with zero attached hydrogens (tertiary/aromatic N) is 3. The van der Waals surface area contributed by atoms with Crippen LogP contribution in [0.1, 0.15) is 39.3 Å². The van der Waals surface area contributed by atoms with E-state index in [2.05, 4.69) is 48.1 Å². The van der Waals surface area contributed by atoms with Crippen molar-refractivity contribution in [2.45, 2.75) is 39.8 Å². The van der Waals surface area contributed by atoms with E-state index in [4.69, 9.17) is 9.73 Å². The summed E-state index contributed by atoms with van der Waals surface area (Å²) in [6, 6.07) is 7.44. The van der Waals surface area contributed by atoms with Crippen LogP contribution < -0.4 is 10.6 Å². The highest BCUT2D eigenvalue weighted by atomic mass is 19.1. The molecule has 0 radical (unpaired) electrons. The van der Waals surface area contributed by atoms with Crippen molar-refractivity contribution in [2.24, 2.45) is 4.99 Å². The van der Waals surface area contributed by atoms with Gasteiger partial charge in [-0.25, -0.2) is 4.39 Å². The van der Waals surface area contributed by atoms with E-state index in [0.29, 0.717) is 12.6 Å². The molecule has 0 amide bonds. The van der Waals surface area contributed by atoms with Gasteiger partial charge >= 0.3 is 0 Å². The molecule has 0 saturated carbocycles. The molecule has 1 aromatic carbocycles. The molecule has 1 aliphatic heterocycles. The van der Waals surface area contributed by atoms with Crippen molar-refractivity contribution in [1.29, 1.82) is 0 Å². The maximum atomic E-state index is 13.4. The van der Waals surface area contributed by atoms with Gasteiger partial charge in [0.05, 0.1) is 25.8 Å². The maximum Gasteiger partial charge on any atom is 0.191 e. The van der Waals surface area contributed by atoms with Crippen LogP contribution >= 0.6 is 0 Å². The van der Waals surface area contributed by atoms with Crippen LogP contribution in [-0.2, 0) is 4.74 Å². The maximum absolute atomic E-state index is 13.4. The number of rotatable bonds is 10. The highest BCUT2D eigenvalue weighted by Gasteiger charge is 2.22. The van der Waals surface area contributed by atoms with E-state index < -0.39 is 0 Å². The number of hydrogen-bond acceptors (Lipinski definition) is 4. The second-order valence-corrected chi connectivity index (χ2v) is 7.58. The summed E-state index contributed by atoms with van der Waals surface area (Å²) in [6.07, 6.45) is 0. The molecule has 1 aliphatic rings. The molecule has 1 fully saturated rings. The lowest BCUT2D eigenvalue weighted by Gasteiger charge is -2.34. The van der Waals surface area contributed by atoms with Crippen molar-refractivity contribution in [3.05, 3.63) is 35.6 Å². The van der Waals surface area contributed by atoms with Crippen LogP contribution in [0, 0.1) is 5.82 Å². The van der Waals surface area contributed by atoms with Gasteiger partial charge in [0.25, 0.3) is 0 Å². The number of nitrogens with one attached hydrogen (secondary N) is 2. The summed E-state index contributed by atoms with van der Waals surface area (Å²) in [5.74, 6) is 0.617. The smallest absolute Gasteiger partial charge is 0.191 e. The average Bonchev–Trinajstić information content (AvgIpc) is 2.73. The van der Waals surface area contributed by atoms with Gasteiger partial charge in [-0.05, 0) is 45.0 Å².